The number of likely N-dealkylation sites (N-methyl/N-ethyl adjacent to an activating group) is 1. The smallest absolute Gasteiger partial charge is 0.236 e. The van der Waals surface area contributed by atoms with Gasteiger partial charge in [-0.15, -0.1) is 0 Å². The Labute approximate surface area is 83.8 Å². The summed E-state index contributed by atoms with van der Waals surface area (Å²) in [6, 6.07) is 2.05. The van der Waals surface area contributed by atoms with Crippen LogP contribution < -0.4 is 0 Å². The number of morpholine rings is 1. The van der Waals surface area contributed by atoms with Gasteiger partial charge in [-0.2, -0.15) is 5.26 Å². The first-order chi connectivity index (χ1) is 6.63. The molecule has 1 amide bonds. The van der Waals surface area contributed by atoms with Crippen molar-refractivity contribution in [3.8, 4) is 6.07 Å². The standard InChI is InChI=1S/C9H15N3O2/c1-11(2)9(13)7-12-3-4-14-8(5-10)6-12/h8H,3-4,6-7H2,1-2H3. The highest BCUT2D eigenvalue weighted by Gasteiger charge is 2.21. The lowest BCUT2D eigenvalue weighted by Crippen LogP contribution is -2.46. The molecule has 5 heteroatoms. The maximum Gasteiger partial charge on any atom is 0.236 e. The van der Waals surface area contributed by atoms with Crippen LogP contribution >= 0.6 is 0 Å². The van der Waals surface area contributed by atoms with Crippen LogP contribution in [0.3, 0.4) is 0 Å². The van der Waals surface area contributed by atoms with Gasteiger partial charge in [0.2, 0.25) is 5.91 Å². The van der Waals surface area contributed by atoms with Crippen LogP contribution in [0.2, 0.25) is 0 Å². The molecule has 1 fully saturated rings. The Balaban J connectivity index is 2.38. The molecule has 0 saturated carbocycles. The van der Waals surface area contributed by atoms with Crippen LogP contribution in [0.5, 0.6) is 0 Å². The Kier molecular flexibility index (Phi) is 3.86. The van der Waals surface area contributed by atoms with Crippen LogP contribution in [0.1, 0.15) is 0 Å². The van der Waals surface area contributed by atoms with Gasteiger partial charge >= 0.3 is 0 Å². The van der Waals surface area contributed by atoms with Crippen molar-refractivity contribution in [2.75, 3.05) is 40.3 Å². The van der Waals surface area contributed by atoms with E-state index >= 15 is 0 Å². The lowest BCUT2D eigenvalue weighted by atomic mass is 10.3. The zero-order valence-electron chi connectivity index (χ0n) is 8.56. The number of amides is 1. The van der Waals surface area contributed by atoms with E-state index in [2.05, 4.69) is 0 Å². The molecule has 14 heavy (non-hydrogen) atoms. The SMILES string of the molecule is CN(C)C(=O)CN1CCOC(C#N)C1. The van der Waals surface area contributed by atoms with E-state index in [4.69, 9.17) is 10.00 Å². The maximum atomic E-state index is 11.4. The maximum absolute atomic E-state index is 11.4. The number of rotatable bonds is 2. The molecule has 1 heterocycles. The number of hydrogen-bond donors (Lipinski definition) is 0. The summed E-state index contributed by atoms with van der Waals surface area (Å²) in [4.78, 5) is 14.9. The molecule has 0 spiro atoms. The van der Waals surface area contributed by atoms with Gasteiger partial charge in [-0.3, -0.25) is 9.69 Å². The quantitative estimate of drug-likeness (QED) is 0.587. The summed E-state index contributed by atoms with van der Waals surface area (Å²) >= 11 is 0. The van der Waals surface area contributed by atoms with E-state index in [-0.39, 0.29) is 5.91 Å². The molecule has 1 unspecified atom stereocenters. The predicted molar refractivity (Wildman–Crippen MR) is 50.5 cm³/mol. The van der Waals surface area contributed by atoms with E-state index in [1.54, 1.807) is 19.0 Å². The molecule has 5 nitrogen and oxygen atoms in total. The zero-order valence-corrected chi connectivity index (χ0v) is 8.56. The molecule has 1 atom stereocenters. The molecule has 0 radical (unpaired) electrons. The average molecular weight is 197 g/mol. The van der Waals surface area contributed by atoms with Crippen LogP contribution in [0.15, 0.2) is 0 Å². The topological polar surface area (TPSA) is 56.6 Å². The zero-order chi connectivity index (χ0) is 10.6. The third-order valence-corrected chi connectivity index (χ3v) is 2.15. The van der Waals surface area contributed by atoms with Gasteiger partial charge in [-0.1, -0.05) is 0 Å². The summed E-state index contributed by atoms with van der Waals surface area (Å²) in [5.74, 6) is 0.0589. The Morgan fingerprint density at radius 1 is 1.71 bits per heavy atom. The molecule has 1 saturated heterocycles. The number of nitriles is 1. The highest BCUT2D eigenvalue weighted by atomic mass is 16.5. The van der Waals surface area contributed by atoms with Crippen LogP contribution in [-0.2, 0) is 9.53 Å². The third-order valence-electron chi connectivity index (χ3n) is 2.15. The van der Waals surface area contributed by atoms with Gasteiger partial charge in [0, 0.05) is 27.2 Å². The minimum Gasteiger partial charge on any atom is -0.361 e. The summed E-state index contributed by atoms with van der Waals surface area (Å²) < 4.78 is 5.17. The third kappa shape index (κ3) is 2.98. The number of carbonyl (C=O) groups excluding carboxylic acids is 1. The van der Waals surface area contributed by atoms with E-state index in [9.17, 15) is 4.79 Å². The van der Waals surface area contributed by atoms with Crippen molar-refractivity contribution in [2.24, 2.45) is 0 Å². The first kappa shape index (κ1) is 11.0. The van der Waals surface area contributed by atoms with E-state index in [0.29, 0.717) is 19.7 Å². The lowest BCUT2D eigenvalue weighted by Gasteiger charge is -2.29. The molecule has 1 aliphatic rings. The summed E-state index contributed by atoms with van der Waals surface area (Å²) in [6.07, 6.45) is -0.390. The second-order valence-electron chi connectivity index (χ2n) is 3.51. The van der Waals surface area contributed by atoms with Gasteiger partial charge in [0.05, 0.1) is 19.2 Å². The fraction of sp³-hybridized carbons (Fsp3) is 0.778. The van der Waals surface area contributed by atoms with Gasteiger partial charge < -0.3 is 9.64 Å². The minimum atomic E-state index is -0.390. The van der Waals surface area contributed by atoms with Crippen molar-refractivity contribution in [3.63, 3.8) is 0 Å². The number of nitrogens with zero attached hydrogens (tertiary/aromatic N) is 3. The highest BCUT2D eigenvalue weighted by Crippen LogP contribution is 2.03. The molecule has 0 N–H and O–H groups in total. The molecule has 1 aliphatic heterocycles. The van der Waals surface area contributed by atoms with Crippen molar-refractivity contribution in [2.45, 2.75) is 6.10 Å². The fourth-order valence-corrected chi connectivity index (χ4v) is 1.26. The fourth-order valence-electron chi connectivity index (χ4n) is 1.26. The van der Waals surface area contributed by atoms with Gasteiger partial charge in [0.15, 0.2) is 6.10 Å². The molecular weight excluding hydrogens is 182 g/mol. The Morgan fingerprint density at radius 3 is 3.00 bits per heavy atom. The first-order valence-corrected chi connectivity index (χ1v) is 4.57. The molecule has 1 rings (SSSR count). The van der Waals surface area contributed by atoms with Crippen molar-refractivity contribution >= 4 is 5.91 Å². The number of hydrogen-bond acceptors (Lipinski definition) is 4. The Bertz CT molecular complexity index is 247. The van der Waals surface area contributed by atoms with Crippen molar-refractivity contribution in [1.82, 2.24) is 9.80 Å². The summed E-state index contributed by atoms with van der Waals surface area (Å²) in [6.45, 7) is 2.14. The summed E-state index contributed by atoms with van der Waals surface area (Å²) in [7, 11) is 3.45. The van der Waals surface area contributed by atoms with Crippen molar-refractivity contribution < 1.29 is 9.53 Å². The molecule has 0 aliphatic carbocycles. The molecule has 0 aromatic carbocycles. The lowest BCUT2D eigenvalue weighted by molar-refractivity contribution is -0.131. The van der Waals surface area contributed by atoms with Crippen molar-refractivity contribution in [1.29, 1.82) is 5.26 Å². The van der Waals surface area contributed by atoms with E-state index < -0.39 is 6.10 Å². The Morgan fingerprint density at radius 2 is 2.43 bits per heavy atom. The van der Waals surface area contributed by atoms with E-state index in [0.717, 1.165) is 6.54 Å². The van der Waals surface area contributed by atoms with Crippen LogP contribution in [0.25, 0.3) is 0 Å². The molecule has 0 bridgehead atoms. The molecule has 78 valence electrons. The Hall–Kier alpha value is -1.12. The highest BCUT2D eigenvalue weighted by molar-refractivity contribution is 5.77. The molecular formula is C9H15N3O2. The number of ether oxygens (including phenoxy) is 1. The molecule has 0 aromatic heterocycles. The normalized spacial score (nSPS) is 22.8. The second-order valence-corrected chi connectivity index (χ2v) is 3.51. The van der Waals surface area contributed by atoms with E-state index in [1.165, 1.54) is 0 Å². The average Bonchev–Trinajstić information content (AvgIpc) is 2.18. The van der Waals surface area contributed by atoms with Gasteiger partial charge in [0.1, 0.15) is 0 Å². The molecule has 0 aromatic rings. The van der Waals surface area contributed by atoms with Gasteiger partial charge in [-0.25, -0.2) is 0 Å². The largest absolute Gasteiger partial charge is 0.361 e. The first-order valence-electron chi connectivity index (χ1n) is 4.57. The summed E-state index contributed by atoms with van der Waals surface area (Å²) in [5, 5.41) is 8.66. The van der Waals surface area contributed by atoms with Crippen LogP contribution in [0.4, 0.5) is 0 Å². The van der Waals surface area contributed by atoms with Crippen LogP contribution in [-0.4, -0.2) is 62.1 Å². The summed E-state index contributed by atoms with van der Waals surface area (Å²) in [5.41, 5.74) is 0. The second kappa shape index (κ2) is 4.94. The monoisotopic (exact) mass is 197 g/mol. The van der Waals surface area contributed by atoms with Gasteiger partial charge in [0.25, 0.3) is 0 Å². The minimum absolute atomic E-state index is 0.0589. The van der Waals surface area contributed by atoms with Gasteiger partial charge in [-0.05, 0) is 0 Å². The van der Waals surface area contributed by atoms with E-state index in [1.807, 2.05) is 11.0 Å². The number of carbonyl (C=O) groups is 1. The van der Waals surface area contributed by atoms with Crippen molar-refractivity contribution in [3.05, 3.63) is 0 Å². The predicted octanol–water partition coefficient (Wildman–Crippen LogP) is -0.701. The van der Waals surface area contributed by atoms with Crippen LogP contribution in [0, 0.1) is 11.3 Å².